The van der Waals surface area contributed by atoms with Crippen molar-refractivity contribution in [3.05, 3.63) is 101 Å². The number of aromatic nitrogens is 1. The Labute approximate surface area is 182 Å². The first kappa shape index (κ1) is 20.6. The van der Waals surface area contributed by atoms with Gasteiger partial charge in [-0.3, -0.25) is 4.98 Å². The van der Waals surface area contributed by atoms with E-state index in [0.29, 0.717) is 12.3 Å². The minimum absolute atomic E-state index is 0.120. The number of aliphatic hydroxyl groups excluding tert-OH is 1. The molecule has 31 heavy (non-hydrogen) atoms. The van der Waals surface area contributed by atoms with Crippen LogP contribution in [0.25, 0.3) is 22.4 Å². The molecule has 0 spiro atoms. The first-order valence-corrected chi connectivity index (χ1v) is 10.2. The molecule has 1 heterocycles. The van der Waals surface area contributed by atoms with Gasteiger partial charge in [0.05, 0.1) is 19.4 Å². The van der Waals surface area contributed by atoms with E-state index in [9.17, 15) is 5.11 Å². The maximum absolute atomic E-state index is 10.1. The van der Waals surface area contributed by atoms with Gasteiger partial charge >= 0.3 is 0 Å². The molecule has 0 aliphatic heterocycles. The van der Waals surface area contributed by atoms with E-state index in [-0.39, 0.29) is 6.61 Å². The Hall–Kier alpha value is -3.63. The highest BCUT2D eigenvalue weighted by atomic mass is 16.5. The summed E-state index contributed by atoms with van der Waals surface area (Å²) in [7, 11) is 1.65. The van der Waals surface area contributed by atoms with Crippen LogP contribution < -0.4 is 9.47 Å². The van der Waals surface area contributed by atoms with Crippen molar-refractivity contribution in [2.45, 2.75) is 13.5 Å². The second kappa shape index (κ2) is 9.45. The van der Waals surface area contributed by atoms with E-state index >= 15 is 0 Å². The van der Waals surface area contributed by atoms with Crippen LogP contribution in [0.5, 0.6) is 11.5 Å². The van der Waals surface area contributed by atoms with Gasteiger partial charge in [-0.25, -0.2) is 0 Å². The van der Waals surface area contributed by atoms with E-state index in [1.807, 2.05) is 67.6 Å². The van der Waals surface area contributed by atoms with Crippen molar-refractivity contribution in [2.75, 3.05) is 13.7 Å². The number of hydrogen-bond acceptors (Lipinski definition) is 4. The van der Waals surface area contributed by atoms with Crippen molar-refractivity contribution >= 4 is 22.4 Å². The third-order valence-electron chi connectivity index (χ3n) is 5.28. The van der Waals surface area contributed by atoms with E-state index in [2.05, 4.69) is 23.2 Å². The van der Waals surface area contributed by atoms with E-state index in [0.717, 1.165) is 44.5 Å². The molecule has 4 nitrogen and oxygen atoms in total. The molecule has 0 aliphatic carbocycles. The lowest BCUT2D eigenvalue weighted by Gasteiger charge is -2.13. The number of methoxy groups -OCH3 is 1. The maximum Gasteiger partial charge on any atom is 0.126 e. The van der Waals surface area contributed by atoms with Crippen LogP contribution >= 0.6 is 0 Å². The molecule has 0 aliphatic rings. The number of para-hydroxylation sites is 1. The van der Waals surface area contributed by atoms with Gasteiger partial charge in [0.2, 0.25) is 0 Å². The second-order valence-corrected chi connectivity index (χ2v) is 7.33. The molecule has 4 heteroatoms. The summed E-state index contributed by atoms with van der Waals surface area (Å²) in [4.78, 5) is 4.54. The molecule has 1 N–H and O–H groups in total. The fourth-order valence-electron chi connectivity index (χ4n) is 3.58. The summed E-state index contributed by atoms with van der Waals surface area (Å²) < 4.78 is 11.5. The Bertz CT molecular complexity index is 1220. The highest BCUT2D eigenvalue weighted by Crippen LogP contribution is 2.27. The van der Waals surface area contributed by atoms with Gasteiger partial charge in [0.15, 0.2) is 0 Å². The van der Waals surface area contributed by atoms with Crippen LogP contribution in [0.1, 0.15) is 22.4 Å². The number of ether oxygens (including phenoxy) is 2. The number of aliphatic hydroxyl groups is 1. The number of aryl methyl sites for hydroxylation is 1. The van der Waals surface area contributed by atoms with Crippen molar-refractivity contribution in [3.8, 4) is 11.5 Å². The first-order chi connectivity index (χ1) is 15.2. The zero-order chi connectivity index (χ0) is 21.6. The zero-order valence-electron chi connectivity index (χ0n) is 17.7. The molecule has 4 aromatic rings. The molecule has 0 bridgehead atoms. The molecule has 4 rings (SSSR count). The number of fused-ring (bicyclic) bond motifs is 1. The van der Waals surface area contributed by atoms with Crippen LogP contribution in [0, 0.1) is 6.92 Å². The van der Waals surface area contributed by atoms with Gasteiger partial charge in [0.25, 0.3) is 0 Å². The topological polar surface area (TPSA) is 51.6 Å². The number of nitrogens with zero attached hydrogens (tertiary/aromatic N) is 1. The van der Waals surface area contributed by atoms with Crippen molar-refractivity contribution in [1.82, 2.24) is 4.98 Å². The lowest BCUT2D eigenvalue weighted by Crippen LogP contribution is -2.02. The summed E-state index contributed by atoms with van der Waals surface area (Å²) in [5.41, 5.74) is 4.37. The average molecular weight is 412 g/mol. The zero-order valence-corrected chi connectivity index (χ0v) is 17.7. The quantitative estimate of drug-likeness (QED) is 0.426. The Morgan fingerprint density at radius 2 is 1.74 bits per heavy atom. The SMILES string of the molecule is COc1ccccc1COc1cc(/C(=C\c2cccc3ccccc23)CO)ncc1C. The summed E-state index contributed by atoms with van der Waals surface area (Å²) in [6.07, 6.45) is 3.77. The van der Waals surface area contributed by atoms with Crippen molar-refractivity contribution in [2.24, 2.45) is 0 Å². The van der Waals surface area contributed by atoms with Crippen LogP contribution in [0.2, 0.25) is 0 Å². The molecule has 0 fully saturated rings. The summed E-state index contributed by atoms with van der Waals surface area (Å²) in [5.74, 6) is 1.52. The van der Waals surface area contributed by atoms with E-state index in [1.54, 1.807) is 13.3 Å². The maximum atomic E-state index is 10.1. The van der Waals surface area contributed by atoms with Crippen molar-refractivity contribution in [3.63, 3.8) is 0 Å². The Morgan fingerprint density at radius 1 is 0.968 bits per heavy atom. The van der Waals surface area contributed by atoms with Crippen LogP contribution in [0.15, 0.2) is 79.0 Å². The van der Waals surface area contributed by atoms with Crippen molar-refractivity contribution < 1.29 is 14.6 Å². The predicted molar refractivity (Wildman–Crippen MR) is 125 cm³/mol. The van der Waals surface area contributed by atoms with Gasteiger partial charge in [0.1, 0.15) is 18.1 Å². The molecular weight excluding hydrogens is 386 g/mol. The van der Waals surface area contributed by atoms with Gasteiger partial charge < -0.3 is 14.6 Å². The molecular formula is C27H25NO3. The summed E-state index contributed by atoms with van der Waals surface area (Å²) in [5, 5.41) is 12.4. The molecule has 0 unspecified atom stereocenters. The largest absolute Gasteiger partial charge is 0.496 e. The molecule has 0 saturated heterocycles. The smallest absolute Gasteiger partial charge is 0.126 e. The molecule has 3 aromatic carbocycles. The predicted octanol–water partition coefficient (Wildman–Crippen LogP) is 5.66. The molecule has 156 valence electrons. The number of benzene rings is 3. The normalized spacial score (nSPS) is 11.5. The van der Waals surface area contributed by atoms with Crippen molar-refractivity contribution in [1.29, 1.82) is 0 Å². The Morgan fingerprint density at radius 3 is 2.58 bits per heavy atom. The third-order valence-corrected chi connectivity index (χ3v) is 5.28. The molecule has 0 saturated carbocycles. The highest BCUT2D eigenvalue weighted by molar-refractivity contribution is 5.95. The van der Waals surface area contributed by atoms with E-state index < -0.39 is 0 Å². The van der Waals surface area contributed by atoms with Gasteiger partial charge in [-0.15, -0.1) is 0 Å². The van der Waals surface area contributed by atoms with Gasteiger partial charge in [-0.05, 0) is 35.4 Å². The minimum atomic E-state index is -0.120. The highest BCUT2D eigenvalue weighted by Gasteiger charge is 2.10. The average Bonchev–Trinajstić information content (AvgIpc) is 2.82. The molecule has 0 atom stereocenters. The number of rotatable bonds is 7. The third kappa shape index (κ3) is 4.60. The van der Waals surface area contributed by atoms with E-state index in [1.165, 1.54) is 0 Å². The summed E-state index contributed by atoms with van der Waals surface area (Å²) in [6, 6.07) is 24.0. The second-order valence-electron chi connectivity index (χ2n) is 7.33. The van der Waals surface area contributed by atoms with Gasteiger partial charge in [0, 0.05) is 29.0 Å². The van der Waals surface area contributed by atoms with Crippen LogP contribution in [0.3, 0.4) is 0 Å². The number of hydrogen-bond donors (Lipinski definition) is 1. The lowest BCUT2D eigenvalue weighted by atomic mass is 10.0. The molecule has 0 amide bonds. The Balaban J connectivity index is 1.65. The van der Waals surface area contributed by atoms with Crippen LogP contribution in [-0.2, 0) is 6.61 Å². The first-order valence-electron chi connectivity index (χ1n) is 10.2. The Kier molecular flexibility index (Phi) is 6.29. The van der Waals surface area contributed by atoms with Gasteiger partial charge in [-0.1, -0.05) is 60.7 Å². The summed E-state index contributed by atoms with van der Waals surface area (Å²) >= 11 is 0. The molecule has 0 radical (unpaired) electrons. The fraction of sp³-hybridized carbons (Fsp3) is 0.148. The minimum Gasteiger partial charge on any atom is -0.496 e. The standard InChI is InChI=1S/C27H25NO3/c1-19-16-28-25(15-27(19)31-18-22-9-4-6-13-26(22)30-2)23(17-29)14-21-11-7-10-20-8-3-5-12-24(20)21/h3-16,29H,17-18H2,1-2H3/b23-14-. The van der Waals surface area contributed by atoms with Crippen LogP contribution in [-0.4, -0.2) is 23.8 Å². The lowest BCUT2D eigenvalue weighted by molar-refractivity contribution is 0.294. The molecule has 1 aromatic heterocycles. The monoisotopic (exact) mass is 411 g/mol. The summed E-state index contributed by atoms with van der Waals surface area (Å²) in [6.45, 7) is 2.22. The fourth-order valence-corrected chi connectivity index (χ4v) is 3.58. The number of pyridine rings is 1. The van der Waals surface area contributed by atoms with Gasteiger partial charge in [-0.2, -0.15) is 0 Å². The van der Waals surface area contributed by atoms with Crippen LogP contribution in [0.4, 0.5) is 0 Å². The van der Waals surface area contributed by atoms with E-state index in [4.69, 9.17) is 9.47 Å².